The first-order valence-electron chi connectivity index (χ1n) is 6.40. The number of para-hydroxylation sites is 1. The van der Waals surface area contributed by atoms with Gasteiger partial charge < -0.3 is 5.73 Å². The molecule has 0 aliphatic heterocycles. The molecule has 3 rings (SSSR count). The van der Waals surface area contributed by atoms with Crippen molar-refractivity contribution < 1.29 is 0 Å². The third kappa shape index (κ3) is 2.86. The van der Waals surface area contributed by atoms with Crippen LogP contribution in [0.5, 0.6) is 0 Å². The lowest BCUT2D eigenvalue weighted by Gasteiger charge is -2.00. The average Bonchev–Trinajstić information content (AvgIpc) is 2.88. The summed E-state index contributed by atoms with van der Waals surface area (Å²) in [5.41, 5.74) is 9.04. The predicted molar refractivity (Wildman–Crippen MR) is 84.0 cm³/mol. The largest absolute Gasteiger partial charge is 0.395 e. The van der Waals surface area contributed by atoms with E-state index in [-0.39, 0.29) is 0 Å². The molecule has 0 aliphatic rings. The van der Waals surface area contributed by atoms with Gasteiger partial charge in [0.1, 0.15) is 5.03 Å². The lowest BCUT2D eigenvalue weighted by Crippen LogP contribution is -1.93. The van der Waals surface area contributed by atoms with Crippen molar-refractivity contribution in [3.05, 3.63) is 72.4 Å². The molecule has 20 heavy (non-hydrogen) atoms. The highest BCUT2D eigenvalue weighted by atomic mass is 32.2. The maximum atomic E-state index is 6.04. The highest BCUT2D eigenvalue weighted by molar-refractivity contribution is 7.98. The van der Waals surface area contributed by atoms with E-state index in [1.165, 1.54) is 5.56 Å². The quantitative estimate of drug-likeness (QED) is 0.741. The van der Waals surface area contributed by atoms with E-state index in [1.54, 1.807) is 11.8 Å². The normalized spacial score (nSPS) is 10.6. The summed E-state index contributed by atoms with van der Waals surface area (Å²) in [6.45, 7) is 0. The van der Waals surface area contributed by atoms with Gasteiger partial charge in [0.05, 0.1) is 17.6 Å². The lowest BCUT2D eigenvalue weighted by atomic mass is 10.2. The fourth-order valence-electron chi connectivity index (χ4n) is 1.92. The second kappa shape index (κ2) is 5.84. The molecule has 2 aromatic carbocycles. The summed E-state index contributed by atoms with van der Waals surface area (Å²) in [6, 6.07) is 20.3. The number of nitrogens with zero attached hydrogens (tertiary/aromatic N) is 2. The maximum Gasteiger partial charge on any atom is 0.142 e. The van der Waals surface area contributed by atoms with Gasteiger partial charge in [-0.3, -0.25) is 0 Å². The van der Waals surface area contributed by atoms with Gasteiger partial charge in [-0.25, -0.2) is 4.68 Å². The Hall–Kier alpha value is -2.20. The van der Waals surface area contributed by atoms with Gasteiger partial charge >= 0.3 is 0 Å². The van der Waals surface area contributed by atoms with E-state index >= 15 is 0 Å². The molecule has 2 N–H and O–H groups in total. The van der Waals surface area contributed by atoms with Gasteiger partial charge in [0.15, 0.2) is 0 Å². The molecule has 0 radical (unpaired) electrons. The summed E-state index contributed by atoms with van der Waals surface area (Å²) in [7, 11) is 0. The van der Waals surface area contributed by atoms with E-state index in [9.17, 15) is 0 Å². The number of rotatable bonds is 4. The second-order valence-corrected chi connectivity index (χ2v) is 5.41. The standard InChI is InChI=1S/C16H15N3S/c17-15-11-19(14-9-5-2-6-10-14)18-16(15)20-12-13-7-3-1-4-8-13/h1-11H,12,17H2. The van der Waals surface area contributed by atoms with E-state index in [1.807, 2.05) is 59.4 Å². The minimum Gasteiger partial charge on any atom is -0.395 e. The zero-order valence-electron chi connectivity index (χ0n) is 10.9. The van der Waals surface area contributed by atoms with Gasteiger partial charge in [0, 0.05) is 5.75 Å². The zero-order chi connectivity index (χ0) is 13.8. The van der Waals surface area contributed by atoms with Crippen LogP contribution in [0.3, 0.4) is 0 Å². The number of anilines is 1. The van der Waals surface area contributed by atoms with E-state index < -0.39 is 0 Å². The van der Waals surface area contributed by atoms with Crippen LogP contribution in [0, 0.1) is 0 Å². The molecule has 1 heterocycles. The lowest BCUT2D eigenvalue weighted by molar-refractivity contribution is 0.837. The molecule has 0 saturated carbocycles. The zero-order valence-corrected chi connectivity index (χ0v) is 11.8. The summed E-state index contributed by atoms with van der Waals surface area (Å²) in [5, 5.41) is 5.42. The third-order valence-corrected chi connectivity index (χ3v) is 4.01. The second-order valence-electron chi connectivity index (χ2n) is 4.44. The molecule has 1 aromatic heterocycles. The number of aromatic nitrogens is 2. The molecule has 0 amide bonds. The smallest absolute Gasteiger partial charge is 0.142 e. The van der Waals surface area contributed by atoms with Crippen LogP contribution in [-0.4, -0.2) is 9.78 Å². The van der Waals surface area contributed by atoms with Crippen molar-refractivity contribution in [1.82, 2.24) is 9.78 Å². The van der Waals surface area contributed by atoms with Crippen molar-refractivity contribution in [2.45, 2.75) is 10.8 Å². The Balaban J connectivity index is 1.76. The summed E-state index contributed by atoms with van der Waals surface area (Å²) < 4.78 is 1.82. The fraction of sp³-hybridized carbons (Fsp3) is 0.0625. The Morgan fingerprint density at radius 1 is 0.950 bits per heavy atom. The minimum atomic E-state index is 0.717. The van der Waals surface area contributed by atoms with E-state index in [0.717, 1.165) is 22.2 Å². The first-order valence-corrected chi connectivity index (χ1v) is 7.39. The van der Waals surface area contributed by atoms with E-state index in [2.05, 4.69) is 17.2 Å². The average molecular weight is 281 g/mol. The number of hydrogen-bond donors (Lipinski definition) is 1. The van der Waals surface area contributed by atoms with Crippen molar-refractivity contribution >= 4 is 17.4 Å². The van der Waals surface area contributed by atoms with Crippen LogP contribution < -0.4 is 5.73 Å². The molecule has 0 unspecified atom stereocenters. The molecular weight excluding hydrogens is 266 g/mol. The molecule has 4 heteroatoms. The van der Waals surface area contributed by atoms with Crippen molar-refractivity contribution in [3.63, 3.8) is 0 Å². The van der Waals surface area contributed by atoms with Crippen LogP contribution in [0.2, 0.25) is 0 Å². The number of benzene rings is 2. The number of thioether (sulfide) groups is 1. The van der Waals surface area contributed by atoms with E-state index in [0.29, 0.717) is 0 Å². The highest BCUT2D eigenvalue weighted by Crippen LogP contribution is 2.27. The summed E-state index contributed by atoms with van der Waals surface area (Å²) >= 11 is 1.66. The molecule has 0 saturated heterocycles. The highest BCUT2D eigenvalue weighted by Gasteiger charge is 2.08. The number of nitrogens with two attached hydrogens (primary N) is 1. The van der Waals surface area contributed by atoms with Crippen molar-refractivity contribution in [2.24, 2.45) is 0 Å². The molecular formula is C16H15N3S. The summed E-state index contributed by atoms with van der Waals surface area (Å²) in [6.07, 6.45) is 1.86. The van der Waals surface area contributed by atoms with Gasteiger partial charge in [0.2, 0.25) is 0 Å². The molecule has 3 aromatic rings. The first-order chi connectivity index (χ1) is 9.83. The van der Waals surface area contributed by atoms with Crippen molar-refractivity contribution in [2.75, 3.05) is 5.73 Å². The SMILES string of the molecule is Nc1cn(-c2ccccc2)nc1SCc1ccccc1. The number of hydrogen-bond acceptors (Lipinski definition) is 3. The predicted octanol–water partition coefficient (Wildman–Crippen LogP) is 3.75. The van der Waals surface area contributed by atoms with Crippen LogP contribution in [0.15, 0.2) is 71.9 Å². The van der Waals surface area contributed by atoms with Gasteiger partial charge in [0.25, 0.3) is 0 Å². The van der Waals surface area contributed by atoms with E-state index in [4.69, 9.17) is 5.73 Å². The van der Waals surface area contributed by atoms with Gasteiger partial charge in [-0.2, -0.15) is 5.10 Å². The van der Waals surface area contributed by atoms with Crippen LogP contribution in [0.25, 0.3) is 5.69 Å². The van der Waals surface area contributed by atoms with Crippen LogP contribution in [0.4, 0.5) is 5.69 Å². The Labute approximate surface area is 122 Å². The van der Waals surface area contributed by atoms with Crippen LogP contribution in [-0.2, 0) is 5.75 Å². The Bertz CT molecular complexity index is 677. The van der Waals surface area contributed by atoms with Crippen molar-refractivity contribution in [3.8, 4) is 5.69 Å². The van der Waals surface area contributed by atoms with Crippen molar-refractivity contribution in [1.29, 1.82) is 0 Å². The molecule has 0 bridgehead atoms. The monoisotopic (exact) mass is 281 g/mol. The minimum absolute atomic E-state index is 0.717. The van der Waals surface area contributed by atoms with Crippen LogP contribution >= 0.6 is 11.8 Å². The Morgan fingerprint density at radius 2 is 1.60 bits per heavy atom. The molecule has 0 atom stereocenters. The van der Waals surface area contributed by atoms with Gasteiger partial charge in [-0.15, -0.1) is 0 Å². The van der Waals surface area contributed by atoms with Crippen LogP contribution in [0.1, 0.15) is 5.56 Å². The first kappa shape index (κ1) is 12.8. The summed E-state index contributed by atoms with van der Waals surface area (Å²) in [5.74, 6) is 0.872. The molecule has 0 fully saturated rings. The molecule has 0 spiro atoms. The number of nitrogen functional groups attached to an aromatic ring is 1. The topological polar surface area (TPSA) is 43.8 Å². The van der Waals surface area contributed by atoms with Gasteiger partial charge in [-0.1, -0.05) is 60.3 Å². The van der Waals surface area contributed by atoms with Gasteiger partial charge in [-0.05, 0) is 17.7 Å². The molecule has 100 valence electrons. The molecule has 0 aliphatic carbocycles. The fourth-order valence-corrected chi connectivity index (χ4v) is 2.78. The Morgan fingerprint density at radius 3 is 2.30 bits per heavy atom. The third-order valence-electron chi connectivity index (χ3n) is 2.95. The molecule has 3 nitrogen and oxygen atoms in total. The maximum absolute atomic E-state index is 6.04. The summed E-state index contributed by atoms with van der Waals surface area (Å²) in [4.78, 5) is 0. The Kier molecular flexibility index (Phi) is 3.74.